The number of carbonyl (C=O) groups excluding carboxylic acids is 1. The zero-order chi connectivity index (χ0) is 22.9. The number of nitrogens with one attached hydrogen (secondary N) is 2. The summed E-state index contributed by atoms with van der Waals surface area (Å²) in [5.74, 6) is 0.603. The van der Waals surface area contributed by atoms with Crippen molar-refractivity contribution in [3.8, 4) is 5.75 Å². The summed E-state index contributed by atoms with van der Waals surface area (Å²) >= 11 is 0. The number of carbonyl (C=O) groups is 1. The standard InChI is InChI=1S/C21H32F3N5O2/c1-4-29-11-5-6-17(29)13-26-20(27-14-19(30)28(2)3)25-12-16-7-9-18(10-8-16)31-15-21(22,23)24/h7-10,17H,4-6,11-15H2,1-3H3,(H2,25,26,27). The van der Waals surface area contributed by atoms with Gasteiger partial charge in [-0.25, -0.2) is 4.99 Å². The van der Waals surface area contributed by atoms with Crippen molar-refractivity contribution in [3.63, 3.8) is 0 Å². The zero-order valence-electron chi connectivity index (χ0n) is 18.3. The Balaban J connectivity index is 1.96. The van der Waals surface area contributed by atoms with Crippen LogP contribution in [0.2, 0.25) is 0 Å². The fourth-order valence-corrected chi connectivity index (χ4v) is 3.28. The highest BCUT2D eigenvalue weighted by molar-refractivity contribution is 5.86. The lowest BCUT2D eigenvalue weighted by molar-refractivity contribution is -0.153. The molecule has 0 bridgehead atoms. The number of hydrogen-bond acceptors (Lipinski definition) is 4. The maximum absolute atomic E-state index is 12.3. The number of likely N-dealkylation sites (tertiary alicyclic amines) is 1. The summed E-state index contributed by atoms with van der Waals surface area (Å²) in [6, 6.07) is 6.75. The van der Waals surface area contributed by atoms with Crippen LogP contribution in [0.5, 0.6) is 5.75 Å². The molecule has 0 spiro atoms. The molecule has 0 radical (unpaired) electrons. The molecule has 1 aromatic carbocycles. The number of amides is 1. The first kappa shape index (κ1) is 24.8. The van der Waals surface area contributed by atoms with Crippen LogP contribution in [0.4, 0.5) is 13.2 Å². The molecule has 1 fully saturated rings. The second kappa shape index (κ2) is 11.8. The van der Waals surface area contributed by atoms with E-state index in [9.17, 15) is 18.0 Å². The molecule has 1 atom stereocenters. The number of hydrogen-bond donors (Lipinski definition) is 2. The fraction of sp³-hybridized carbons (Fsp3) is 0.619. The Bertz CT molecular complexity index is 723. The Morgan fingerprint density at radius 1 is 1.26 bits per heavy atom. The van der Waals surface area contributed by atoms with Gasteiger partial charge in [0, 0.05) is 26.7 Å². The topological polar surface area (TPSA) is 69.2 Å². The van der Waals surface area contributed by atoms with Crippen molar-refractivity contribution in [2.24, 2.45) is 4.99 Å². The summed E-state index contributed by atoms with van der Waals surface area (Å²) in [5, 5.41) is 6.37. The number of ether oxygens (including phenoxy) is 1. The van der Waals surface area contributed by atoms with Gasteiger partial charge in [-0.15, -0.1) is 0 Å². The highest BCUT2D eigenvalue weighted by Crippen LogP contribution is 2.19. The van der Waals surface area contributed by atoms with E-state index in [-0.39, 0.29) is 18.2 Å². The molecular weight excluding hydrogens is 411 g/mol. The van der Waals surface area contributed by atoms with Crippen molar-refractivity contribution >= 4 is 11.9 Å². The number of rotatable bonds is 9. The number of halogens is 3. The normalized spacial score (nSPS) is 17.5. The third kappa shape index (κ3) is 9.04. The van der Waals surface area contributed by atoms with Crippen molar-refractivity contribution in [1.82, 2.24) is 20.4 Å². The van der Waals surface area contributed by atoms with Gasteiger partial charge in [0.25, 0.3) is 0 Å². The minimum Gasteiger partial charge on any atom is -0.484 e. The highest BCUT2D eigenvalue weighted by atomic mass is 19.4. The van der Waals surface area contributed by atoms with Gasteiger partial charge >= 0.3 is 6.18 Å². The van der Waals surface area contributed by atoms with Crippen LogP contribution in [0.1, 0.15) is 25.3 Å². The summed E-state index contributed by atoms with van der Waals surface area (Å²) in [7, 11) is 3.38. The van der Waals surface area contributed by atoms with Gasteiger partial charge in [-0.3, -0.25) is 9.69 Å². The van der Waals surface area contributed by atoms with Crippen LogP contribution in [-0.4, -0.2) is 80.8 Å². The molecule has 7 nitrogen and oxygen atoms in total. The number of aliphatic imine (C=N–C) groups is 1. The second-order valence-electron chi connectivity index (χ2n) is 7.66. The van der Waals surface area contributed by atoms with E-state index in [0.29, 0.717) is 18.5 Å². The molecule has 2 rings (SSSR count). The Labute approximate surface area is 181 Å². The van der Waals surface area contributed by atoms with Gasteiger partial charge in [-0.1, -0.05) is 19.1 Å². The van der Waals surface area contributed by atoms with E-state index in [1.54, 1.807) is 26.2 Å². The SMILES string of the molecule is CCN1CCCC1CNC(=NCc1ccc(OCC(F)(F)F)cc1)NCC(=O)N(C)C. The third-order valence-corrected chi connectivity index (χ3v) is 5.06. The Hall–Kier alpha value is -2.49. The molecule has 1 unspecified atom stereocenters. The highest BCUT2D eigenvalue weighted by Gasteiger charge is 2.28. The van der Waals surface area contributed by atoms with Crippen LogP contribution in [-0.2, 0) is 11.3 Å². The van der Waals surface area contributed by atoms with Crippen LogP contribution in [0.25, 0.3) is 0 Å². The van der Waals surface area contributed by atoms with E-state index in [2.05, 4.69) is 27.4 Å². The van der Waals surface area contributed by atoms with Crippen molar-refractivity contribution in [3.05, 3.63) is 29.8 Å². The van der Waals surface area contributed by atoms with E-state index >= 15 is 0 Å². The fourth-order valence-electron chi connectivity index (χ4n) is 3.28. The van der Waals surface area contributed by atoms with Gasteiger partial charge in [0.05, 0.1) is 13.1 Å². The smallest absolute Gasteiger partial charge is 0.422 e. The van der Waals surface area contributed by atoms with Crippen molar-refractivity contribution < 1.29 is 22.7 Å². The molecular formula is C21H32F3N5O2. The molecule has 1 aliphatic rings. The first-order valence-corrected chi connectivity index (χ1v) is 10.4. The minimum absolute atomic E-state index is 0.0725. The number of nitrogens with zero attached hydrogens (tertiary/aromatic N) is 3. The monoisotopic (exact) mass is 443 g/mol. The molecule has 1 amide bonds. The van der Waals surface area contributed by atoms with Gasteiger partial charge < -0.3 is 20.3 Å². The number of alkyl halides is 3. The molecule has 0 saturated carbocycles. The summed E-state index contributed by atoms with van der Waals surface area (Å²) in [5.41, 5.74) is 0.815. The lowest BCUT2D eigenvalue weighted by Crippen LogP contribution is -2.47. The lowest BCUT2D eigenvalue weighted by Gasteiger charge is -2.24. The van der Waals surface area contributed by atoms with Gasteiger partial charge in [-0.2, -0.15) is 13.2 Å². The molecule has 1 aliphatic heterocycles. The number of guanidine groups is 1. The van der Waals surface area contributed by atoms with Crippen LogP contribution < -0.4 is 15.4 Å². The Morgan fingerprint density at radius 2 is 1.97 bits per heavy atom. The van der Waals surface area contributed by atoms with Crippen LogP contribution in [0.15, 0.2) is 29.3 Å². The molecule has 31 heavy (non-hydrogen) atoms. The van der Waals surface area contributed by atoms with Crippen molar-refractivity contribution in [2.75, 3.05) is 46.9 Å². The van der Waals surface area contributed by atoms with E-state index in [1.807, 2.05) is 0 Å². The molecule has 1 heterocycles. The molecule has 0 aliphatic carbocycles. The Morgan fingerprint density at radius 3 is 2.58 bits per heavy atom. The lowest BCUT2D eigenvalue weighted by atomic mass is 10.2. The van der Waals surface area contributed by atoms with E-state index in [0.717, 1.165) is 31.6 Å². The molecule has 2 N–H and O–H groups in total. The van der Waals surface area contributed by atoms with Gasteiger partial charge in [0.15, 0.2) is 12.6 Å². The summed E-state index contributed by atoms with van der Waals surface area (Å²) in [6.07, 6.45) is -2.09. The van der Waals surface area contributed by atoms with Gasteiger partial charge in [0.1, 0.15) is 5.75 Å². The maximum Gasteiger partial charge on any atom is 0.422 e. The van der Waals surface area contributed by atoms with E-state index in [4.69, 9.17) is 4.74 Å². The summed E-state index contributed by atoms with van der Waals surface area (Å²) in [4.78, 5) is 20.4. The quantitative estimate of drug-likeness (QED) is 0.453. The summed E-state index contributed by atoms with van der Waals surface area (Å²) in [6.45, 7) is 4.05. The van der Waals surface area contributed by atoms with Gasteiger partial charge in [0.2, 0.25) is 5.91 Å². The zero-order valence-corrected chi connectivity index (χ0v) is 18.3. The molecule has 174 valence electrons. The first-order valence-electron chi connectivity index (χ1n) is 10.4. The maximum atomic E-state index is 12.3. The molecule has 1 aromatic rings. The second-order valence-corrected chi connectivity index (χ2v) is 7.66. The van der Waals surface area contributed by atoms with Crippen LogP contribution in [0.3, 0.4) is 0 Å². The minimum atomic E-state index is -4.37. The Kier molecular flexibility index (Phi) is 9.42. The predicted octanol–water partition coefficient (Wildman–Crippen LogP) is 2.24. The first-order chi connectivity index (χ1) is 14.7. The number of likely N-dealkylation sites (N-methyl/N-ethyl adjacent to an activating group) is 2. The van der Waals surface area contributed by atoms with Crippen LogP contribution >= 0.6 is 0 Å². The van der Waals surface area contributed by atoms with E-state index in [1.165, 1.54) is 23.5 Å². The van der Waals surface area contributed by atoms with Gasteiger partial charge in [-0.05, 0) is 43.6 Å². The number of benzene rings is 1. The average Bonchev–Trinajstić information content (AvgIpc) is 3.19. The summed E-state index contributed by atoms with van der Waals surface area (Å²) < 4.78 is 41.5. The molecule has 10 heteroatoms. The van der Waals surface area contributed by atoms with Crippen molar-refractivity contribution in [2.45, 2.75) is 38.5 Å². The largest absolute Gasteiger partial charge is 0.484 e. The third-order valence-electron chi connectivity index (χ3n) is 5.06. The van der Waals surface area contributed by atoms with Crippen LogP contribution in [0, 0.1) is 0 Å². The van der Waals surface area contributed by atoms with Crippen molar-refractivity contribution in [1.29, 1.82) is 0 Å². The van der Waals surface area contributed by atoms with E-state index < -0.39 is 12.8 Å². The molecule has 0 aromatic heterocycles. The molecule has 1 saturated heterocycles. The predicted molar refractivity (Wildman–Crippen MR) is 114 cm³/mol. The average molecular weight is 444 g/mol.